The SMILES string of the molecule is CC(C)Oc1ccc(C(=O)C[C@H](CCC(=O)O)Cc2ccc(-c3cn(C)c(C(C)(C)C)n3)cc2)cc1C#N. The molecule has 1 atom stereocenters. The summed E-state index contributed by atoms with van der Waals surface area (Å²) in [6.45, 7) is 10.2. The highest BCUT2D eigenvalue weighted by Gasteiger charge is 2.21. The van der Waals surface area contributed by atoms with Crippen LogP contribution < -0.4 is 4.74 Å². The van der Waals surface area contributed by atoms with Gasteiger partial charge in [-0.3, -0.25) is 9.59 Å². The molecule has 200 valence electrons. The highest BCUT2D eigenvalue weighted by Crippen LogP contribution is 2.28. The molecule has 3 aromatic rings. The number of imidazole rings is 1. The number of carboxylic acid groups (broad SMARTS) is 1. The third-order valence-corrected chi connectivity index (χ3v) is 6.35. The van der Waals surface area contributed by atoms with E-state index in [0.717, 1.165) is 22.6 Å². The van der Waals surface area contributed by atoms with Gasteiger partial charge in [-0.15, -0.1) is 0 Å². The van der Waals surface area contributed by atoms with Crippen molar-refractivity contribution in [3.8, 4) is 23.1 Å². The van der Waals surface area contributed by atoms with Gasteiger partial charge in [-0.1, -0.05) is 45.0 Å². The van der Waals surface area contributed by atoms with Crippen molar-refractivity contribution in [3.05, 3.63) is 71.2 Å². The van der Waals surface area contributed by atoms with E-state index >= 15 is 0 Å². The quantitative estimate of drug-likeness (QED) is 0.299. The van der Waals surface area contributed by atoms with Gasteiger partial charge in [0.15, 0.2) is 5.78 Å². The number of carbonyl (C=O) groups excluding carboxylic acids is 1. The summed E-state index contributed by atoms with van der Waals surface area (Å²) in [5.74, 6) is 0.303. The summed E-state index contributed by atoms with van der Waals surface area (Å²) in [7, 11) is 2.00. The Hall–Kier alpha value is -3.92. The van der Waals surface area contributed by atoms with Crippen molar-refractivity contribution in [1.29, 1.82) is 5.26 Å². The van der Waals surface area contributed by atoms with E-state index in [0.29, 0.717) is 29.7 Å². The van der Waals surface area contributed by atoms with Gasteiger partial charge in [-0.05, 0) is 56.4 Å². The lowest BCUT2D eigenvalue weighted by Gasteiger charge is -2.17. The molecule has 38 heavy (non-hydrogen) atoms. The summed E-state index contributed by atoms with van der Waals surface area (Å²) in [6, 6.07) is 15.1. The fraction of sp³-hybridized carbons (Fsp3) is 0.419. The molecule has 0 radical (unpaired) electrons. The lowest BCUT2D eigenvalue weighted by Crippen LogP contribution is -2.17. The van der Waals surface area contributed by atoms with Crippen LogP contribution in [0.1, 0.15) is 81.2 Å². The van der Waals surface area contributed by atoms with Crippen molar-refractivity contribution in [2.24, 2.45) is 13.0 Å². The molecule has 0 spiro atoms. The van der Waals surface area contributed by atoms with Crippen LogP contribution in [0.3, 0.4) is 0 Å². The van der Waals surface area contributed by atoms with Crippen LogP contribution >= 0.6 is 0 Å². The molecule has 0 amide bonds. The molecule has 3 rings (SSSR count). The lowest BCUT2D eigenvalue weighted by molar-refractivity contribution is -0.137. The Morgan fingerprint density at radius 1 is 1.13 bits per heavy atom. The first-order valence-corrected chi connectivity index (χ1v) is 13.0. The first-order valence-electron chi connectivity index (χ1n) is 13.0. The van der Waals surface area contributed by atoms with Gasteiger partial charge in [0.25, 0.3) is 0 Å². The number of aliphatic carboxylic acids is 1. The van der Waals surface area contributed by atoms with E-state index in [9.17, 15) is 20.0 Å². The summed E-state index contributed by atoms with van der Waals surface area (Å²) in [5, 5.41) is 18.8. The predicted octanol–water partition coefficient (Wildman–Crippen LogP) is 6.34. The van der Waals surface area contributed by atoms with E-state index < -0.39 is 5.97 Å². The van der Waals surface area contributed by atoms with Crippen molar-refractivity contribution < 1.29 is 19.4 Å². The fourth-order valence-electron chi connectivity index (χ4n) is 4.58. The second-order valence-electron chi connectivity index (χ2n) is 11.1. The van der Waals surface area contributed by atoms with E-state index in [4.69, 9.17) is 9.72 Å². The third-order valence-electron chi connectivity index (χ3n) is 6.35. The zero-order chi connectivity index (χ0) is 28.0. The number of ketones is 1. The Morgan fingerprint density at radius 3 is 2.37 bits per heavy atom. The molecule has 0 unspecified atom stereocenters. The van der Waals surface area contributed by atoms with Crippen LogP contribution in [0.2, 0.25) is 0 Å². The number of ether oxygens (including phenoxy) is 1. The standard InChI is InChI=1S/C31H37N3O4/c1-20(2)38-28-13-12-24(17-25(28)18-32)27(35)16-22(9-14-29(36)37)15-21-7-10-23(11-8-21)26-19-34(6)30(33-26)31(3,4)5/h7-8,10-13,17,19-20,22H,9,14-16H2,1-6H3,(H,36,37)/t22-/m1/s1. The number of Topliss-reactive ketones (excluding diaryl/α,β-unsaturated/α-hetero) is 1. The number of nitrogens with zero attached hydrogens (tertiary/aromatic N) is 3. The molecule has 1 aromatic heterocycles. The van der Waals surface area contributed by atoms with E-state index in [2.05, 4.69) is 31.4 Å². The number of benzene rings is 2. The molecule has 0 aliphatic heterocycles. The molecule has 0 aliphatic carbocycles. The molecular weight excluding hydrogens is 478 g/mol. The maximum atomic E-state index is 13.1. The maximum absolute atomic E-state index is 13.1. The fourth-order valence-corrected chi connectivity index (χ4v) is 4.58. The number of carboxylic acids is 1. The van der Waals surface area contributed by atoms with Gasteiger partial charge in [0, 0.05) is 42.6 Å². The molecule has 1 heterocycles. The van der Waals surface area contributed by atoms with Crippen LogP contribution in [-0.4, -0.2) is 32.5 Å². The third kappa shape index (κ3) is 7.55. The minimum atomic E-state index is -0.885. The van der Waals surface area contributed by atoms with Gasteiger partial charge >= 0.3 is 5.97 Å². The summed E-state index contributed by atoms with van der Waals surface area (Å²) in [4.78, 5) is 29.2. The Balaban J connectivity index is 1.76. The molecule has 0 bridgehead atoms. The van der Waals surface area contributed by atoms with Crippen molar-refractivity contribution in [2.75, 3.05) is 0 Å². The maximum Gasteiger partial charge on any atom is 0.303 e. The molecule has 7 nitrogen and oxygen atoms in total. The Kier molecular flexibility index (Phi) is 9.11. The van der Waals surface area contributed by atoms with Gasteiger partial charge in [0.1, 0.15) is 17.6 Å². The molecule has 0 saturated heterocycles. The minimum absolute atomic E-state index is 0.00976. The van der Waals surface area contributed by atoms with E-state index in [-0.39, 0.29) is 36.1 Å². The molecule has 7 heteroatoms. The number of aromatic nitrogens is 2. The molecule has 1 N–H and O–H groups in total. The number of aryl methyl sites for hydroxylation is 1. The molecular formula is C31H37N3O4. The van der Waals surface area contributed by atoms with E-state index in [1.54, 1.807) is 18.2 Å². The normalized spacial score (nSPS) is 12.3. The molecule has 0 saturated carbocycles. The summed E-state index contributed by atoms with van der Waals surface area (Å²) in [5.41, 5.74) is 3.62. The second-order valence-corrected chi connectivity index (χ2v) is 11.1. The molecule has 2 aromatic carbocycles. The van der Waals surface area contributed by atoms with Gasteiger partial charge in [0.2, 0.25) is 0 Å². The molecule has 0 aliphatic rings. The number of carbonyl (C=O) groups is 2. The number of hydrogen-bond donors (Lipinski definition) is 1. The zero-order valence-electron chi connectivity index (χ0n) is 23.1. The van der Waals surface area contributed by atoms with E-state index in [1.807, 2.05) is 51.4 Å². The Morgan fingerprint density at radius 2 is 1.82 bits per heavy atom. The summed E-state index contributed by atoms with van der Waals surface area (Å²) in [6.07, 6.45) is 3.08. The predicted molar refractivity (Wildman–Crippen MR) is 147 cm³/mol. The van der Waals surface area contributed by atoms with Gasteiger partial charge in [-0.2, -0.15) is 5.26 Å². The van der Waals surface area contributed by atoms with Crippen LogP contribution in [0.25, 0.3) is 11.3 Å². The monoisotopic (exact) mass is 515 g/mol. The van der Waals surface area contributed by atoms with Crippen LogP contribution in [0.4, 0.5) is 0 Å². The van der Waals surface area contributed by atoms with Gasteiger partial charge in [0.05, 0.1) is 17.4 Å². The average molecular weight is 516 g/mol. The largest absolute Gasteiger partial charge is 0.490 e. The number of nitriles is 1. The average Bonchev–Trinajstić information content (AvgIpc) is 3.25. The van der Waals surface area contributed by atoms with Crippen LogP contribution in [0.5, 0.6) is 5.75 Å². The van der Waals surface area contributed by atoms with E-state index in [1.165, 1.54) is 0 Å². The number of hydrogen-bond acceptors (Lipinski definition) is 5. The highest BCUT2D eigenvalue weighted by atomic mass is 16.5. The van der Waals surface area contributed by atoms with Crippen molar-refractivity contribution in [2.45, 2.75) is 71.8 Å². The minimum Gasteiger partial charge on any atom is -0.490 e. The zero-order valence-corrected chi connectivity index (χ0v) is 23.1. The summed E-state index contributed by atoms with van der Waals surface area (Å²) >= 11 is 0. The Labute approximate surface area is 225 Å². The number of rotatable bonds is 11. The van der Waals surface area contributed by atoms with Gasteiger partial charge < -0.3 is 14.4 Å². The van der Waals surface area contributed by atoms with Crippen LogP contribution in [0, 0.1) is 17.2 Å². The van der Waals surface area contributed by atoms with Crippen LogP contribution in [0.15, 0.2) is 48.7 Å². The van der Waals surface area contributed by atoms with Crippen molar-refractivity contribution >= 4 is 11.8 Å². The van der Waals surface area contributed by atoms with Gasteiger partial charge in [-0.25, -0.2) is 4.98 Å². The lowest BCUT2D eigenvalue weighted by atomic mass is 9.88. The molecule has 0 fully saturated rings. The van der Waals surface area contributed by atoms with Crippen molar-refractivity contribution in [1.82, 2.24) is 9.55 Å². The first kappa shape index (κ1) is 28.6. The highest BCUT2D eigenvalue weighted by molar-refractivity contribution is 5.96. The van der Waals surface area contributed by atoms with Crippen molar-refractivity contribution in [3.63, 3.8) is 0 Å². The topological polar surface area (TPSA) is 105 Å². The smallest absolute Gasteiger partial charge is 0.303 e. The Bertz CT molecular complexity index is 1320. The first-order chi connectivity index (χ1) is 17.9. The van der Waals surface area contributed by atoms with Crippen LogP contribution in [-0.2, 0) is 23.7 Å². The summed E-state index contributed by atoms with van der Waals surface area (Å²) < 4.78 is 7.71. The second kappa shape index (κ2) is 12.1.